The summed E-state index contributed by atoms with van der Waals surface area (Å²) in [6.45, 7) is 4.70. The molecule has 0 aliphatic heterocycles. The summed E-state index contributed by atoms with van der Waals surface area (Å²) in [7, 11) is 1.85. The Labute approximate surface area is 123 Å². The molecule has 0 saturated heterocycles. The van der Waals surface area contributed by atoms with Gasteiger partial charge in [0, 0.05) is 26.0 Å². The Hall–Kier alpha value is -1.96. The second kappa shape index (κ2) is 4.86. The van der Waals surface area contributed by atoms with Gasteiger partial charge in [0.25, 0.3) is 11.8 Å². The van der Waals surface area contributed by atoms with Crippen LogP contribution < -0.4 is 0 Å². The zero-order chi connectivity index (χ0) is 14.3. The molecular weight excluding hydrogens is 324 g/mol. The highest BCUT2D eigenvalue weighted by atomic mass is 79.9. The summed E-state index contributed by atoms with van der Waals surface area (Å²) >= 11 is 3.45. The fraction of sp³-hybridized carbons (Fsp3) is 0.333. The van der Waals surface area contributed by atoms with Crippen LogP contribution in [0.3, 0.4) is 0 Å². The second-order valence-electron chi connectivity index (χ2n) is 4.40. The molecule has 3 rings (SSSR count). The smallest absolute Gasteiger partial charge is 0.269 e. The lowest BCUT2D eigenvalue weighted by atomic mass is 10.3. The number of halogens is 1. The van der Waals surface area contributed by atoms with Crippen LogP contribution in [0.25, 0.3) is 23.0 Å². The normalized spacial score (nSPS) is 11.2. The zero-order valence-electron chi connectivity index (χ0n) is 11.3. The number of hydrogen-bond acceptors (Lipinski definition) is 5. The third-order valence-electron chi connectivity index (χ3n) is 2.91. The first-order chi connectivity index (χ1) is 9.58. The molecule has 0 atom stereocenters. The highest BCUT2D eigenvalue weighted by Gasteiger charge is 2.18. The van der Waals surface area contributed by atoms with Crippen LogP contribution in [0.5, 0.6) is 0 Å². The van der Waals surface area contributed by atoms with E-state index in [4.69, 9.17) is 4.42 Å². The van der Waals surface area contributed by atoms with Crippen LogP contribution in [0.4, 0.5) is 0 Å². The Balaban J connectivity index is 2.01. The lowest BCUT2D eigenvalue weighted by molar-refractivity contribution is 0.576. The molecule has 20 heavy (non-hydrogen) atoms. The largest absolute Gasteiger partial charge is 0.414 e. The highest BCUT2D eigenvalue weighted by molar-refractivity contribution is 9.10. The van der Waals surface area contributed by atoms with E-state index in [0.29, 0.717) is 17.5 Å². The fourth-order valence-corrected chi connectivity index (χ4v) is 2.43. The fourth-order valence-electron chi connectivity index (χ4n) is 1.94. The second-order valence-corrected chi connectivity index (χ2v) is 5.25. The van der Waals surface area contributed by atoms with E-state index in [1.54, 1.807) is 9.36 Å². The SMILES string of the molecule is CCn1cc(Br)c(-c2nnc(-c3cn(C)nc3C)o2)n1. The molecular formula is C12H13BrN6O. The number of nitrogens with zero attached hydrogens (tertiary/aromatic N) is 6. The Morgan fingerprint density at radius 2 is 1.95 bits per heavy atom. The van der Waals surface area contributed by atoms with Crippen LogP contribution in [0.1, 0.15) is 12.6 Å². The quantitative estimate of drug-likeness (QED) is 0.734. The molecule has 0 fully saturated rings. The predicted octanol–water partition coefficient (Wildman–Crippen LogP) is 2.42. The zero-order valence-corrected chi connectivity index (χ0v) is 12.9. The monoisotopic (exact) mass is 336 g/mol. The van der Waals surface area contributed by atoms with Crippen LogP contribution in [0.15, 0.2) is 21.3 Å². The van der Waals surface area contributed by atoms with Gasteiger partial charge in [-0.25, -0.2) is 0 Å². The van der Waals surface area contributed by atoms with Crippen molar-refractivity contribution >= 4 is 15.9 Å². The van der Waals surface area contributed by atoms with Crippen molar-refractivity contribution in [3.63, 3.8) is 0 Å². The molecule has 0 bridgehead atoms. The van der Waals surface area contributed by atoms with E-state index in [9.17, 15) is 0 Å². The minimum Gasteiger partial charge on any atom is -0.414 e. The molecule has 0 amide bonds. The van der Waals surface area contributed by atoms with Gasteiger partial charge >= 0.3 is 0 Å². The van der Waals surface area contributed by atoms with Crippen LogP contribution in [0, 0.1) is 6.92 Å². The summed E-state index contributed by atoms with van der Waals surface area (Å²) in [5.74, 6) is 0.839. The van der Waals surface area contributed by atoms with E-state index in [1.807, 2.05) is 33.3 Å². The summed E-state index contributed by atoms with van der Waals surface area (Å²) in [6.07, 6.45) is 3.74. The van der Waals surface area contributed by atoms with Gasteiger partial charge in [0.15, 0.2) is 5.69 Å². The maximum Gasteiger partial charge on any atom is 0.269 e. The summed E-state index contributed by atoms with van der Waals surface area (Å²) in [5.41, 5.74) is 2.32. The molecule has 0 unspecified atom stereocenters. The lowest BCUT2D eigenvalue weighted by Gasteiger charge is -1.91. The third kappa shape index (κ3) is 2.15. The standard InChI is InChI=1S/C12H13BrN6O/c1-4-19-6-9(13)10(17-19)12-15-14-11(20-12)8-5-18(3)16-7(8)2/h5-6H,4H2,1-3H3. The maximum absolute atomic E-state index is 5.71. The van der Waals surface area contributed by atoms with Crippen LogP contribution in [-0.4, -0.2) is 29.8 Å². The minimum atomic E-state index is 0.391. The van der Waals surface area contributed by atoms with Crippen molar-refractivity contribution in [1.82, 2.24) is 29.8 Å². The molecule has 3 aromatic rings. The topological polar surface area (TPSA) is 74.6 Å². The predicted molar refractivity (Wildman–Crippen MR) is 75.8 cm³/mol. The van der Waals surface area contributed by atoms with Gasteiger partial charge in [-0.15, -0.1) is 10.2 Å². The van der Waals surface area contributed by atoms with Crippen molar-refractivity contribution < 1.29 is 4.42 Å². The molecule has 0 aliphatic carbocycles. The number of hydrogen-bond donors (Lipinski definition) is 0. The van der Waals surface area contributed by atoms with Crippen molar-refractivity contribution in [1.29, 1.82) is 0 Å². The van der Waals surface area contributed by atoms with Crippen molar-refractivity contribution in [2.75, 3.05) is 0 Å². The molecule has 104 valence electrons. The molecule has 8 heteroatoms. The van der Waals surface area contributed by atoms with Gasteiger partial charge in [-0.05, 0) is 29.8 Å². The molecule has 0 aliphatic rings. The van der Waals surface area contributed by atoms with Gasteiger partial charge in [-0.1, -0.05) is 0 Å². The van der Waals surface area contributed by atoms with Gasteiger partial charge in [0.05, 0.1) is 15.7 Å². The van der Waals surface area contributed by atoms with Gasteiger partial charge in [0.1, 0.15) is 0 Å². The third-order valence-corrected chi connectivity index (χ3v) is 3.49. The van der Waals surface area contributed by atoms with Crippen LogP contribution >= 0.6 is 15.9 Å². The minimum absolute atomic E-state index is 0.391. The van der Waals surface area contributed by atoms with Gasteiger partial charge in [-0.3, -0.25) is 9.36 Å². The van der Waals surface area contributed by atoms with Crippen molar-refractivity contribution in [3.8, 4) is 23.0 Å². The van der Waals surface area contributed by atoms with Gasteiger partial charge < -0.3 is 4.42 Å². The molecule has 0 aromatic carbocycles. The molecule has 0 N–H and O–H groups in total. The van der Waals surface area contributed by atoms with Gasteiger partial charge in [-0.2, -0.15) is 10.2 Å². The molecule has 0 radical (unpaired) electrons. The van der Waals surface area contributed by atoms with Crippen LogP contribution in [0.2, 0.25) is 0 Å². The number of rotatable bonds is 3. The Morgan fingerprint density at radius 3 is 2.55 bits per heavy atom. The summed E-state index contributed by atoms with van der Waals surface area (Å²) < 4.78 is 10.1. The van der Waals surface area contributed by atoms with E-state index >= 15 is 0 Å². The molecule has 3 aromatic heterocycles. The molecule has 7 nitrogen and oxygen atoms in total. The molecule has 0 saturated carbocycles. The van der Waals surface area contributed by atoms with E-state index in [-0.39, 0.29) is 0 Å². The average Bonchev–Trinajstić information content (AvgIpc) is 3.08. The summed E-state index contributed by atoms with van der Waals surface area (Å²) in [5, 5.41) is 16.8. The lowest BCUT2D eigenvalue weighted by Crippen LogP contribution is -1.93. The first kappa shape index (κ1) is 13.0. The summed E-state index contributed by atoms with van der Waals surface area (Å²) in [6, 6.07) is 0. The van der Waals surface area contributed by atoms with Crippen molar-refractivity contribution in [2.45, 2.75) is 20.4 Å². The van der Waals surface area contributed by atoms with Crippen molar-refractivity contribution in [3.05, 3.63) is 22.6 Å². The van der Waals surface area contributed by atoms with E-state index < -0.39 is 0 Å². The van der Waals surface area contributed by atoms with E-state index in [2.05, 4.69) is 36.3 Å². The first-order valence-electron chi connectivity index (χ1n) is 6.16. The molecule has 3 heterocycles. The van der Waals surface area contributed by atoms with Crippen LogP contribution in [-0.2, 0) is 13.6 Å². The van der Waals surface area contributed by atoms with E-state index in [0.717, 1.165) is 22.3 Å². The average molecular weight is 337 g/mol. The Morgan fingerprint density at radius 1 is 1.20 bits per heavy atom. The highest BCUT2D eigenvalue weighted by Crippen LogP contribution is 2.29. The maximum atomic E-state index is 5.71. The Kier molecular flexibility index (Phi) is 3.17. The number of aryl methyl sites for hydroxylation is 3. The van der Waals surface area contributed by atoms with E-state index in [1.165, 1.54) is 0 Å². The summed E-state index contributed by atoms with van der Waals surface area (Å²) in [4.78, 5) is 0. The Bertz CT molecular complexity index is 756. The number of aromatic nitrogens is 6. The van der Waals surface area contributed by atoms with Crippen molar-refractivity contribution in [2.24, 2.45) is 7.05 Å². The molecule has 0 spiro atoms. The first-order valence-corrected chi connectivity index (χ1v) is 6.95. The van der Waals surface area contributed by atoms with Gasteiger partial charge in [0.2, 0.25) is 0 Å².